The van der Waals surface area contributed by atoms with Crippen molar-refractivity contribution < 1.29 is 20.1 Å². The number of fused-ring (bicyclic) bond motifs is 1. The van der Waals surface area contributed by atoms with Gasteiger partial charge in [0, 0.05) is 11.5 Å². The van der Waals surface area contributed by atoms with E-state index in [0.29, 0.717) is 16.3 Å². The Balaban J connectivity index is 2.41. The van der Waals surface area contributed by atoms with Gasteiger partial charge in [-0.15, -0.1) is 0 Å². The summed E-state index contributed by atoms with van der Waals surface area (Å²) >= 11 is 0. The molecule has 2 aromatic carbocycles. The molecule has 114 valence electrons. The fourth-order valence-corrected chi connectivity index (χ4v) is 2.38. The molecule has 0 fully saturated rings. The van der Waals surface area contributed by atoms with Crippen molar-refractivity contribution in [2.45, 2.75) is 18.6 Å². The molecule has 0 aliphatic heterocycles. The number of rotatable bonds is 6. The molecule has 22 heavy (non-hydrogen) atoms. The standard InChI is InChI=1S/C15H15N3O4/c16-18-17-8-7-13(19)14(20)11-5-1-4-10-9(11)3-2-6-12(10)15(21)22/h1-6,13-14,19-20H,7-8H2,(H,21,22). The number of carboxylic acids is 1. The maximum Gasteiger partial charge on any atom is 0.336 e. The summed E-state index contributed by atoms with van der Waals surface area (Å²) in [5, 5.41) is 33.9. The minimum absolute atomic E-state index is 0.0693. The van der Waals surface area contributed by atoms with Crippen molar-refractivity contribution in [1.82, 2.24) is 0 Å². The Labute approximate surface area is 126 Å². The molecule has 2 atom stereocenters. The van der Waals surface area contributed by atoms with E-state index in [4.69, 9.17) is 5.53 Å². The van der Waals surface area contributed by atoms with E-state index in [1.54, 1.807) is 30.3 Å². The van der Waals surface area contributed by atoms with E-state index >= 15 is 0 Å². The van der Waals surface area contributed by atoms with Gasteiger partial charge in [-0.05, 0) is 34.4 Å². The molecule has 0 amide bonds. The van der Waals surface area contributed by atoms with Gasteiger partial charge in [-0.3, -0.25) is 0 Å². The Bertz CT molecular complexity index is 741. The van der Waals surface area contributed by atoms with Crippen molar-refractivity contribution in [3.63, 3.8) is 0 Å². The molecule has 3 N–H and O–H groups in total. The molecule has 0 radical (unpaired) electrons. The van der Waals surface area contributed by atoms with E-state index in [9.17, 15) is 20.1 Å². The van der Waals surface area contributed by atoms with Crippen LogP contribution in [0.3, 0.4) is 0 Å². The minimum atomic E-state index is -1.19. The number of benzene rings is 2. The topological polar surface area (TPSA) is 127 Å². The lowest BCUT2D eigenvalue weighted by Gasteiger charge is -2.19. The third-order valence-electron chi connectivity index (χ3n) is 3.46. The molecule has 0 saturated heterocycles. The average Bonchev–Trinajstić information content (AvgIpc) is 2.53. The maximum absolute atomic E-state index is 11.2. The summed E-state index contributed by atoms with van der Waals surface area (Å²) in [7, 11) is 0. The first kappa shape index (κ1) is 15.8. The normalized spacial score (nSPS) is 13.4. The molecule has 2 aromatic rings. The highest BCUT2D eigenvalue weighted by atomic mass is 16.4. The van der Waals surface area contributed by atoms with Crippen LogP contribution < -0.4 is 0 Å². The number of hydrogen-bond donors (Lipinski definition) is 3. The van der Waals surface area contributed by atoms with Gasteiger partial charge in [-0.25, -0.2) is 4.79 Å². The van der Waals surface area contributed by atoms with Crippen molar-refractivity contribution in [2.24, 2.45) is 5.11 Å². The number of aliphatic hydroxyl groups is 2. The van der Waals surface area contributed by atoms with Crippen LogP contribution in [0.15, 0.2) is 41.5 Å². The van der Waals surface area contributed by atoms with Crippen LogP contribution in [0.2, 0.25) is 0 Å². The van der Waals surface area contributed by atoms with E-state index in [1.165, 1.54) is 6.07 Å². The Kier molecular flexibility index (Phi) is 4.95. The monoisotopic (exact) mass is 301 g/mol. The first-order valence-corrected chi connectivity index (χ1v) is 6.68. The predicted molar refractivity (Wildman–Crippen MR) is 80.5 cm³/mol. The second kappa shape index (κ2) is 6.91. The highest BCUT2D eigenvalue weighted by molar-refractivity contribution is 6.04. The Morgan fingerprint density at radius 3 is 2.55 bits per heavy atom. The second-order valence-corrected chi connectivity index (χ2v) is 4.81. The molecule has 2 unspecified atom stereocenters. The largest absolute Gasteiger partial charge is 0.478 e. The SMILES string of the molecule is [N-]=[N+]=NCCC(O)C(O)c1cccc2c(C(=O)O)cccc12. The zero-order valence-electron chi connectivity index (χ0n) is 11.6. The highest BCUT2D eigenvalue weighted by Crippen LogP contribution is 2.29. The summed E-state index contributed by atoms with van der Waals surface area (Å²) in [5.41, 5.74) is 8.79. The van der Waals surface area contributed by atoms with Crippen molar-refractivity contribution in [1.29, 1.82) is 0 Å². The van der Waals surface area contributed by atoms with E-state index in [-0.39, 0.29) is 18.5 Å². The van der Waals surface area contributed by atoms with Gasteiger partial charge in [0.1, 0.15) is 6.10 Å². The van der Waals surface area contributed by atoms with Crippen LogP contribution in [0.25, 0.3) is 21.2 Å². The van der Waals surface area contributed by atoms with E-state index in [0.717, 1.165) is 0 Å². The Morgan fingerprint density at radius 2 is 1.86 bits per heavy atom. The summed E-state index contributed by atoms with van der Waals surface area (Å²) in [6.45, 7) is 0.0693. The quantitative estimate of drug-likeness (QED) is 0.430. The summed E-state index contributed by atoms with van der Waals surface area (Å²) in [6.07, 6.45) is -2.19. The number of carbonyl (C=O) groups is 1. The van der Waals surface area contributed by atoms with Crippen molar-refractivity contribution in [3.05, 3.63) is 58.0 Å². The molecule has 7 nitrogen and oxygen atoms in total. The first-order chi connectivity index (χ1) is 10.6. The van der Waals surface area contributed by atoms with Crippen LogP contribution in [0.4, 0.5) is 0 Å². The zero-order chi connectivity index (χ0) is 16.1. The number of carboxylic acid groups (broad SMARTS) is 1. The van der Waals surface area contributed by atoms with Crippen molar-refractivity contribution in [3.8, 4) is 0 Å². The summed E-state index contributed by atoms with van der Waals surface area (Å²) < 4.78 is 0. The van der Waals surface area contributed by atoms with E-state index in [2.05, 4.69) is 10.0 Å². The van der Waals surface area contributed by atoms with Crippen LogP contribution in [0.5, 0.6) is 0 Å². The third-order valence-corrected chi connectivity index (χ3v) is 3.46. The fourth-order valence-electron chi connectivity index (χ4n) is 2.38. The van der Waals surface area contributed by atoms with Gasteiger partial charge in [0.15, 0.2) is 0 Å². The summed E-state index contributed by atoms with van der Waals surface area (Å²) in [5.74, 6) is -1.05. The van der Waals surface area contributed by atoms with Gasteiger partial charge < -0.3 is 15.3 Å². The molecular weight excluding hydrogens is 286 g/mol. The van der Waals surface area contributed by atoms with Gasteiger partial charge in [-0.1, -0.05) is 35.4 Å². The van der Waals surface area contributed by atoms with Gasteiger partial charge in [0.05, 0.1) is 11.7 Å². The molecule has 0 saturated carbocycles. The molecule has 0 bridgehead atoms. The molecular formula is C15H15N3O4. The number of hydrogen-bond acceptors (Lipinski definition) is 4. The Morgan fingerprint density at radius 1 is 1.18 bits per heavy atom. The van der Waals surface area contributed by atoms with Gasteiger partial charge in [-0.2, -0.15) is 0 Å². The van der Waals surface area contributed by atoms with Crippen LogP contribution in [-0.2, 0) is 0 Å². The smallest absolute Gasteiger partial charge is 0.336 e. The van der Waals surface area contributed by atoms with Gasteiger partial charge in [0.25, 0.3) is 0 Å². The molecule has 0 spiro atoms. The number of aromatic carboxylic acids is 1. The molecule has 0 aliphatic carbocycles. The number of azide groups is 1. The van der Waals surface area contributed by atoms with Gasteiger partial charge in [0.2, 0.25) is 0 Å². The van der Waals surface area contributed by atoms with Crippen LogP contribution >= 0.6 is 0 Å². The number of aliphatic hydroxyl groups excluding tert-OH is 2. The third kappa shape index (κ3) is 3.17. The van der Waals surface area contributed by atoms with Crippen molar-refractivity contribution >= 4 is 16.7 Å². The van der Waals surface area contributed by atoms with E-state index < -0.39 is 18.2 Å². The summed E-state index contributed by atoms with van der Waals surface area (Å²) in [6, 6.07) is 9.69. The average molecular weight is 301 g/mol. The minimum Gasteiger partial charge on any atom is -0.478 e. The van der Waals surface area contributed by atoms with Crippen LogP contribution in [0, 0.1) is 0 Å². The number of nitrogens with zero attached hydrogens (tertiary/aromatic N) is 3. The lowest BCUT2D eigenvalue weighted by molar-refractivity contribution is 0.0159. The molecule has 2 rings (SSSR count). The van der Waals surface area contributed by atoms with Gasteiger partial charge >= 0.3 is 5.97 Å². The van der Waals surface area contributed by atoms with Crippen LogP contribution in [0.1, 0.15) is 28.4 Å². The predicted octanol–water partition coefficient (Wildman–Crippen LogP) is 2.63. The highest BCUT2D eigenvalue weighted by Gasteiger charge is 2.21. The molecule has 7 heteroatoms. The maximum atomic E-state index is 11.2. The first-order valence-electron chi connectivity index (χ1n) is 6.68. The molecule has 0 aliphatic rings. The second-order valence-electron chi connectivity index (χ2n) is 4.81. The van der Waals surface area contributed by atoms with E-state index in [1.807, 2.05) is 0 Å². The fraction of sp³-hybridized carbons (Fsp3) is 0.267. The molecule has 0 heterocycles. The van der Waals surface area contributed by atoms with Crippen LogP contribution in [-0.4, -0.2) is 33.9 Å². The lowest BCUT2D eigenvalue weighted by Crippen LogP contribution is -2.19. The Hall–Kier alpha value is -2.60. The van der Waals surface area contributed by atoms with Crippen molar-refractivity contribution in [2.75, 3.05) is 6.54 Å². The lowest BCUT2D eigenvalue weighted by atomic mass is 9.94. The molecule has 0 aromatic heterocycles. The summed E-state index contributed by atoms with van der Waals surface area (Å²) in [4.78, 5) is 13.8. The zero-order valence-corrected chi connectivity index (χ0v) is 11.6.